The number of nitrogens with one attached hydrogen (secondary N) is 1. The molecule has 1 unspecified atom stereocenters. The van der Waals surface area contributed by atoms with Crippen molar-refractivity contribution in [2.24, 2.45) is 5.84 Å². The molecule has 0 saturated heterocycles. The van der Waals surface area contributed by atoms with Crippen molar-refractivity contribution in [3.63, 3.8) is 0 Å². The van der Waals surface area contributed by atoms with Gasteiger partial charge in [-0.2, -0.15) is 0 Å². The van der Waals surface area contributed by atoms with E-state index in [4.69, 9.17) is 17.4 Å². The SMILES string of the molecule is Cc1cc(Cl)cc(C(NN)C2=CCCCCC2)c1. The Morgan fingerprint density at radius 2 is 2.06 bits per heavy atom. The number of nitrogens with two attached hydrogens (primary N) is 1. The lowest BCUT2D eigenvalue weighted by atomic mass is 9.94. The van der Waals surface area contributed by atoms with Crippen molar-refractivity contribution in [2.75, 3.05) is 0 Å². The van der Waals surface area contributed by atoms with Gasteiger partial charge in [0.05, 0.1) is 6.04 Å². The Balaban J connectivity index is 2.29. The van der Waals surface area contributed by atoms with Crippen LogP contribution in [-0.4, -0.2) is 0 Å². The molecular weight excluding hydrogens is 244 g/mol. The number of rotatable bonds is 3. The lowest BCUT2D eigenvalue weighted by molar-refractivity contribution is 0.592. The minimum absolute atomic E-state index is 0.0977. The minimum Gasteiger partial charge on any atom is -0.271 e. The maximum Gasteiger partial charge on any atom is 0.0670 e. The van der Waals surface area contributed by atoms with Crippen LogP contribution >= 0.6 is 11.6 Å². The van der Waals surface area contributed by atoms with Crippen LogP contribution in [-0.2, 0) is 0 Å². The fourth-order valence-corrected chi connectivity index (χ4v) is 2.95. The van der Waals surface area contributed by atoms with Crippen LogP contribution < -0.4 is 11.3 Å². The van der Waals surface area contributed by atoms with E-state index in [0.29, 0.717) is 0 Å². The molecule has 1 atom stereocenters. The zero-order valence-electron chi connectivity index (χ0n) is 10.9. The summed E-state index contributed by atoms with van der Waals surface area (Å²) in [5.74, 6) is 5.75. The van der Waals surface area contributed by atoms with Gasteiger partial charge in [0.1, 0.15) is 0 Å². The number of hydrogen-bond donors (Lipinski definition) is 2. The predicted molar refractivity (Wildman–Crippen MR) is 77.4 cm³/mol. The summed E-state index contributed by atoms with van der Waals surface area (Å²) < 4.78 is 0. The smallest absolute Gasteiger partial charge is 0.0670 e. The standard InChI is InChI=1S/C15H21ClN2/c1-11-8-13(10-14(16)9-11)15(18-17)12-6-4-2-3-5-7-12/h6,8-10,15,18H,2-5,7,17H2,1H3. The van der Waals surface area contributed by atoms with Gasteiger partial charge < -0.3 is 0 Å². The number of hydrogen-bond acceptors (Lipinski definition) is 2. The maximum absolute atomic E-state index is 6.13. The van der Waals surface area contributed by atoms with Crippen molar-refractivity contribution >= 4 is 11.6 Å². The number of halogens is 1. The molecule has 18 heavy (non-hydrogen) atoms. The topological polar surface area (TPSA) is 38.0 Å². The first-order valence-electron chi connectivity index (χ1n) is 6.63. The quantitative estimate of drug-likeness (QED) is 0.491. The molecule has 1 aliphatic rings. The number of hydrazine groups is 1. The summed E-state index contributed by atoms with van der Waals surface area (Å²) >= 11 is 6.13. The van der Waals surface area contributed by atoms with Crippen LogP contribution in [0.2, 0.25) is 5.02 Å². The molecule has 0 bridgehead atoms. The van der Waals surface area contributed by atoms with Crippen LogP contribution in [0.25, 0.3) is 0 Å². The van der Waals surface area contributed by atoms with Crippen molar-refractivity contribution < 1.29 is 0 Å². The molecule has 0 aliphatic heterocycles. The third-order valence-electron chi connectivity index (χ3n) is 3.51. The first kappa shape index (κ1) is 13.6. The second kappa shape index (κ2) is 6.37. The molecule has 98 valence electrons. The van der Waals surface area contributed by atoms with Crippen LogP contribution in [0.4, 0.5) is 0 Å². The molecule has 0 fully saturated rings. The average molecular weight is 265 g/mol. The molecule has 1 aromatic carbocycles. The summed E-state index contributed by atoms with van der Waals surface area (Å²) in [4.78, 5) is 0. The van der Waals surface area contributed by atoms with E-state index in [0.717, 1.165) is 23.4 Å². The Hall–Kier alpha value is -0.830. The fraction of sp³-hybridized carbons (Fsp3) is 0.467. The van der Waals surface area contributed by atoms with Gasteiger partial charge in [-0.1, -0.05) is 35.7 Å². The molecule has 0 spiro atoms. The van der Waals surface area contributed by atoms with Gasteiger partial charge >= 0.3 is 0 Å². The van der Waals surface area contributed by atoms with E-state index in [-0.39, 0.29) is 6.04 Å². The minimum atomic E-state index is 0.0977. The fourth-order valence-electron chi connectivity index (χ4n) is 2.65. The van der Waals surface area contributed by atoms with Crippen LogP contribution in [0.3, 0.4) is 0 Å². The van der Waals surface area contributed by atoms with Crippen molar-refractivity contribution in [1.82, 2.24) is 5.43 Å². The Bertz CT molecular complexity index is 420. The molecule has 0 radical (unpaired) electrons. The number of aryl methyl sites for hydroxylation is 1. The Kier molecular flexibility index (Phi) is 4.81. The van der Waals surface area contributed by atoms with Gasteiger partial charge in [-0.05, 0) is 55.9 Å². The van der Waals surface area contributed by atoms with E-state index < -0.39 is 0 Å². The normalized spacial score (nSPS) is 18.1. The lowest BCUT2D eigenvalue weighted by Crippen LogP contribution is -2.29. The Morgan fingerprint density at radius 3 is 2.78 bits per heavy atom. The third-order valence-corrected chi connectivity index (χ3v) is 3.73. The van der Waals surface area contributed by atoms with Gasteiger partial charge in [-0.25, -0.2) is 5.43 Å². The first-order valence-corrected chi connectivity index (χ1v) is 7.00. The molecular formula is C15H21ClN2. The van der Waals surface area contributed by atoms with Crippen molar-refractivity contribution in [3.8, 4) is 0 Å². The van der Waals surface area contributed by atoms with E-state index in [1.54, 1.807) is 0 Å². The molecule has 0 heterocycles. The third kappa shape index (κ3) is 3.35. The van der Waals surface area contributed by atoms with Gasteiger partial charge in [0, 0.05) is 5.02 Å². The number of allylic oxidation sites excluding steroid dienone is 1. The summed E-state index contributed by atoms with van der Waals surface area (Å²) in [5.41, 5.74) is 6.68. The van der Waals surface area contributed by atoms with E-state index in [2.05, 4.69) is 24.5 Å². The Labute approximate surface area is 114 Å². The van der Waals surface area contributed by atoms with E-state index in [9.17, 15) is 0 Å². The monoisotopic (exact) mass is 264 g/mol. The summed E-state index contributed by atoms with van der Waals surface area (Å²) in [6.45, 7) is 2.06. The molecule has 2 rings (SSSR count). The van der Waals surface area contributed by atoms with Crippen molar-refractivity contribution in [2.45, 2.75) is 45.1 Å². The summed E-state index contributed by atoms with van der Waals surface area (Å²) in [5, 5.41) is 0.777. The highest BCUT2D eigenvalue weighted by Crippen LogP contribution is 2.30. The highest BCUT2D eigenvalue weighted by Gasteiger charge is 2.16. The summed E-state index contributed by atoms with van der Waals surface area (Å²) in [6, 6.07) is 6.23. The van der Waals surface area contributed by atoms with E-state index in [1.165, 1.54) is 30.4 Å². The average Bonchev–Trinajstić information content (AvgIpc) is 2.58. The molecule has 0 amide bonds. The highest BCUT2D eigenvalue weighted by molar-refractivity contribution is 6.30. The molecule has 1 aliphatic carbocycles. The molecule has 1 aromatic rings. The van der Waals surface area contributed by atoms with Gasteiger partial charge in [0.25, 0.3) is 0 Å². The van der Waals surface area contributed by atoms with Gasteiger partial charge in [0.2, 0.25) is 0 Å². The van der Waals surface area contributed by atoms with Crippen molar-refractivity contribution in [3.05, 3.63) is 46.0 Å². The molecule has 0 aromatic heterocycles. The molecule has 2 nitrogen and oxygen atoms in total. The zero-order valence-corrected chi connectivity index (χ0v) is 11.6. The zero-order chi connectivity index (χ0) is 13.0. The predicted octanol–water partition coefficient (Wildman–Crippen LogP) is 4.04. The van der Waals surface area contributed by atoms with Gasteiger partial charge in [-0.15, -0.1) is 0 Å². The first-order chi connectivity index (χ1) is 8.70. The molecule has 3 heteroatoms. The summed E-state index contributed by atoms with van der Waals surface area (Å²) in [6.07, 6.45) is 8.48. The van der Waals surface area contributed by atoms with E-state index in [1.807, 2.05) is 12.1 Å². The highest BCUT2D eigenvalue weighted by atomic mass is 35.5. The van der Waals surface area contributed by atoms with Gasteiger partial charge in [-0.3, -0.25) is 5.84 Å². The second-order valence-corrected chi connectivity index (χ2v) is 5.48. The van der Waals surface area contributed by atoms with Crippen molar-refractivity contribution in [1.29, 1.82) is 0 Å². The largest absolute Gasteiger partial charge is 0.271 e. The molecule has 0 saturated carbocycles. The lowest BCUT2D eigenvalue weighted by Gasteiger charge is -2.20. The maximum atomic E-state index is 6.13. The number of benzene rings is 1. The second-order valence-electron chi connectivity index (χ2n) is 5.04. The van der Waals surface area contributed by atoms with Crippen LogP contribution in [0.1, 0.15) is 49.3 Å². The van der Waals surface area contributed by atoms with Crippen LogP contribution in [0, 0.1) is 6.92 Å². The van der Waals surface area contributed by atoms with Crippen LogP contribution in [0.15, 0.2) is 29.8 Å². The van der Waals surface area contributed by atoms with Crippen LogP contribution in [0.5, 0.6) is 0 Å². The van der Waals surface area contributed by atoms with Gasteiger partial charge in [0.15, 0.2) is 0 Å². The molecule has 3 N–H and O–H groups in total. The summed E-state index contributed by atoms with van der Waals surface area (Å²) in [7, 11) is 0. The Morgan fingerprint density at radius 1 is 1.22 bits per heavy atom. The van der Waals surface area contributed by atoms with E-state index >= 15 is 0 Å².